The Balaban J connectivity index is 0.000000190. The molecule has 6 heteroatoms. The normalized spacial score (nSPS) is 13.7. The van der Waals surface area contributed by atoms with Gasteiger partial charge in [0.05, 0.1) is 18.0 Å². The second-order valence-corrected chi connectivity index (χ2v) is 10.3. The Kier molecular flexibility index (Phi) is 13.6. The maximum absolute atomic E-state index is 12.1. The van der Waals surface area contributed by atoms with E-state index in [1.807, 2.05) is 66.7 Å². The molecule has 2 amide bonds. The molecule has 5 aromatic rings. The molecule has 1 aliphatic carbocycles. The van der Waals surface area contributed by atoms with Crippen LogP contribution in [0.1, 0.15) is 50.2 Å². The van der Waals surface area contributed by atoms with Crippen LogP contribution in [0, 0.1) is 6.92 Å². The smallest absolute Gasteiger partial charge is 0.224 e. The predicted octanol–water partition coefficient (Wildman–Crippen LogP) is 7.12. The summed E-state index contributed by atoms with van der Waals surface area (Å²) in [6, 6.07) is 36.2. The van der Waals surface area contributed by atoms with Gasteiger partial charge in [0.25, 0.3) is 0 Å². The van der Waals surface area contributed by atoms with Crippen LogP contribution < -0.4 is 11.1 Å². The number of aromatic nitrogens is 1. The molecule has 1 aromatic heterocycles. The van der Waals surface area contributed by atoms with Crippen molar-refractivity contribution in [1.29, 1.82) is 0 Å². The van der Waals surface area contributed by atoms with Crippen LogP contribution in [0.25, 0.3) is 21.7 Å². The van der Waals surface area contributed by atoms with E-state index in [-0.39, 0.29) is 23.6 Å². The minimum Gasteiger partial charge on any atom is -0.370 e. The number of Topliss-reactive ketones (excluding diaryl/α,β-unsaturated/α-hetero) is 1. The lowest BCUT2D eigenvalue weighted by molar-refractivity contribution is -0.128. The van der Waals surface area contributed by atoms with Gasteiger partial charge in [-0.15, -0.1) is 0 Å². The van der Waals surface area contributed by atoms with Crippen molar-refractivity contribution >= 4 is 39.3 Å². The van der Waals surface area contributed by atoms with Crippen LogP contribution in [-0.2, 0) is 20.8 Å². The first-order valence-electron chi connectivity index (χ1n) is 14.8. The van der Waals surface area contributed by atoms with Gasteiger partial charge in [0.15, 0.2) is 5.78 Å². The van der Waals surface area contributed by atoms with Gasteiger partial charge < -0.3 is 11.1 Å². The summed E-state index contributed by atoms with van der Waals surface area (Å²) in [7, 11) is 0. The number of fused-ring (bicyclic) bond motifs is 2. The molecule has 1 aliphatic rings. The zero-order chi connectivity index (χ0) is 30.9. The van der Waals surface area contributed by atoms with E-state index in [0.29, 0.717) is 19.3 Å². The lowest BCUT2D eigenvalue weighted by atomic mass is 9.94. The number of amides is 2. The third kappa shape index (κ3) is 11.5. The third-order valence-corrected chi connectivity index (χ3v) is 6.94. The summed E-state index contributed by atoms with van der Waals surface area (Å²) >= 11 is 0. The van der Waals surface area contributed by atoms with Gasteiger partial charge in [0, 0.05) is 24.4 Å². The minimum absolute atomic E-state index is 0.0847. The van der Waals surface area contributed by atoms with Crippen molar-refractivity contribution < 1.29 is 14.4 Å². The van der Waals surface area contributed by atoms with Crippen LogP contribution in [-0.4, -0.2) is 28.6 Å². The molecule has 1 unspecified atom stereocenters. The Hall–Kier alpha value is -4.84. The molecule has 222 valence electrons. The van der Waals surface area contributed by atoms with Gasteiger partial charge in [-0.05, 0) is 59.9 Å². The number of hydrogen-bond donors (Lipinski definition) is 2. The van der Waals surface area contributed by atoms with E-state index in [2.05, 4.69) is 65.4 Å². The van der Waals surface area contributed by atoms with E-state index in [0.717, 1.165) is 35.7 Å². The standard InChI is InChI=1S/C17H18N2O2.C11H10.C6H6.C3H7NO/c20-16-6-2-1-5-15(16)19-17(21)11-12-7-8-14-13(10-12)4-3-9-18-14;1-9-5-4-7-10-6-2-3-8-11(9)10;1-2-4-6-5-3-1;1-2-3(4)5/h3-4,7-10,15H,1-2,5-6,11H2,(H,19,21);2-8H,1H3;1-6H;2H2,1H3,(H2,4,5). The number of carbonyl (C=O) groups excluding carboxylic acids is 3. The summed E-state index contributed by atoms with van der Waals surface area (Å²) in [5.41, 5.74) is 7.86. The first-order chi connectivity index (χ1) is 20.9. The molecule has 0 aliphatic heterocycles. The van der Waals surface area contributed by atoms with Crippen LogP contribution in [0.4, 0.5) is 0 Å². The van der Waals surface area contributed by atoms with Crippen molar-refractivity contribution in [3.05, 3.63) is 127 Å². The molecule has 43 heavy (non-hydrogen) atoms. The molecule has 6 nitrogen and oxygen atoms in total. The van der Waals surface area contributed by atoms with E-state index in [4.69, 9.17) is 0 Å². The SMILES string of the molecule is CCC(N)=O.Cc1cccc2ccccc12.O=C(Cc1ccc2ncccc2c1)NC1CCCCC1=O.c1ccccc1. The molecule has 0 radical (unpaired) electrons. The Morgan fingerprint density at radius 2 is 1.49 bits per heavy atom. The number of nitrogens with one attached hydrogen (secondary N) is 1. The topological polar surface area (TPSA) is 102 Å². The molecule has 0 spiro atoms. The number of primary amides is 1. The molecular weight excluding hydrogens is 534 g/mol. The van der Waals surface area contributed by atoms with Crippen LogP contribution >= 0.6 is 0 Å². The lowest BCUT2D eigenvalue weighted by Gasteiger charge is -2.21. The fraction of sp³-hybridized carbons (Fsp3) is 0.243. The third-order valence-electron chi connectivity index (χ3n) is 6.94. The van der Waals surface area contributed by atoms with Gasteiger partial charge in [0.1, 0.15) is 0 Å². The van der Waals surface area contributed by atoms with Crippen molar-refractivity contribution in [3.63, 3.8) is 0 Å². The Labute approximate surface area is 254 Å². The molecule has 3 N–H and O–H groups in total. The first kappa shape index (κ1) is 32.7. The van der Waals surface area contributed by atoms with Crippen molar-refractivity contribution in [2.24, 2.45) is 5.73 Å². The highest BCUT2D eigenvalue weighted by Gasteiger charge is 2.23. The maximum atomic E-state index is 12.1. The van der Waals surface area contributed by atoms with Crippen molar-refractivity contribution in [3.8, 4) is 0 Å². The van der Waals surface area contributed by atoms with Crippen LogP contribution in [0.3, 0.4) is 0 Å². The second kappa shape index (κ2) is 17.9. The zero-order valence-corrected chi connectivity index (χ0v) is 25.0. The van der Waals surface area contributed by atoms with E-state index < -0.39 is 0 Å². The van der Waals surface area contributed by atoms with Crippen molar-refractivity contribution in [2.45, 2.75) is 58.4 Å². The van der Waals surface area contributed by atoms with E-state index >= 15 is 0 Å². The largest absolute Gasteiger partial charge is 0.370 e. The van der Waals surface area contributed by atoms with Gasteiger partial charge in [-0.3, -0.25) is 19.4 Å². The minimum atomic E-state index is -0.284. The highest BCUT2D eigenvalue weighted by molar-refractivity contribution is 5.90. The maximum Gasteiger partial charge on any atom is 0.224 e. The van der Waals surface area contributed by atoms with E-state index in [1.54, 1.807) is 13.1 Å². The van der Waals surface area contributed by atoms with Gasteiger partial charge >= 0.3 is 0 Å². The van der Waals surface area contributed by atoms with Gasteiger partial charge in [-0.25, -0.2) is 0 Å². The summed E-state index contributed by atoms with van der Waals surface area (Å²) in [5, 5.41) is 6.57. The summed E-state index contributed by atoms with van der Waals surface area (Å²) in [6.45, 7) is 3.87. The van der Waals surface area contributed by atoms with Crippen LogP contribution in [0.5, 0.6) is 0 Å². The average molecular weight is 576 g/mol. The summed E-state index contributed by atoms with van der Waals surface area (Å²) in [5.74, 6) is -0.166. The number of rotatable bonds is 4. The summed E-state index contributed by atoms with van der Waals surface area (Å²) < 4.78 is 0. The molecule has 6 rings (SSSR count). The van der Waals surface area contributed by atoms with Crippen LogP contribution in [0.15, 0.2) is 115 Å². The molecule has 1 heterocycles. The second-order valence-electron chi connectivity index (χ2n) is 10.3. The highest BCUT2D eigenvalue weighted by Crippen LogP contribution is 2.17. The molecule has 1 fully saturated rings. The fourth-order valence-electron chi connectivity index (χ4n) is 4.57. The first-order valence-corrected chi connectivity index (χ1v) is 14.8. The molecular formula is C37H41N3O3. The molecule has 1 atom stereocenters. The van der Waals surface area contributed by atoms with Gasteiger partial charge in [-0.2, -0.15) is 0 Å². The summed E-state index contributed by atoms with van der Waals surface area (Å²) in [6.07, 6.45) is 5.82. The van der Waals surface area contributed by atoms with Gasteiger partial charge in [0.2, 0.25) is 11.8 Å². The Morgan fingerprint density at radius 3 is 2.14 bits per heavy atom. The van der Waals surface area contributed by atoms with Crippen molar-refractivity contribution in [2.75, 3.05) is 0 Å². The number of aryl methyl sites for hydroxylation is 1. The number of hydrogen-bond acceptors (Lipinski definition) is 4. The van der Waals surface area contributed by atoms with Gasteiger partial charge in [-0.1, -0.05) is 104 Å². The monoisotopic (exact) mass is 575 g/mol. The zero-order valence-electron chi connectivity index (χ0n) is 25.0. The van der Waals surface area contributed by atoms with Crippen LogP contribution in [0.2, 0.25) is 0 Å². The Bertz CT molecular complexity index is 1570. The van der Waals surface area contributed by atoms with Crippen molar-refractivity contribution in [1.82, 2.24) is 10.3 Å². The quantitative estimate of drug-likeness (QED) is 0.238. The highest BCUT2D eigenvalue weighted by atomic mass is 16.2. The van der Waals surface area contributed by atoms with E-state index in [1.165, 1.54) is 16.3 Å². The molecule has 0 saturated heterocycles. The summed E-state index contributed by atoms with van der Waals surface area (Å²) in [4.78, 5) is 37.7. The number of nitrogens with two attached hydrogens (primary N) is 1. The molecule has 4 aromatic carbocycles. The number of carbonyl (C=O) groups is 3. The Morgan fingerprint density at radius 1 is 0.837 bits per heavy atom. The molecule has 1 saturated carbocycles. The number of nitrogens with zero attached hydrogens (tertiary/aromatic N) is 1. The van der Waals surface area contributed by atoms with E-state index in [9.17, 15) is 14.4 Å². The number of ketones is 1. The average Bonchev–Trinajstić information content (AvgIpc) is 3.04. The fourth-order valence-corrected chi connectivity index (χ4v) is 4.57. The molecule has 0 bridgehead atoms. The number of pyridine rings is 1. The number of benzene rings is 4. The predicted molar refractivity (Wildman–Crippen MR) is 175 cm³/mol. The lowest BCUT2D eigenvalue weighted by Crippen LogP contribution is -2.43.